The zero-order chi connectivity index (χ0) is 15.4. The maximum Gasteiger partial charge on any atom is 0.145 e. The molecule has 0 aliphatic heterocycles. The average molecular weight is 357 g/mol. The lowest BCUT2D eigenvalue weighted by Crippen LogP contribution is -2.31. The summed E-state index contributed by atoms with van der Waals surface area (Å²) in [6.45, 7) is 0. The number of halogens is 3. The van der Waals surface area contributed by atoms with Crippen molar-refractivity contribution in [3.63, 3.8) is 0 Å². The number of nitrogens with two attached hydrogens (primary N) is 1. The number of nitrogens with one attached hydrogen (secondary N) is 1. The van der Waals surface area contributed by atoms with Gasteiger partial charge in [-0.1, -0.05) is 12.1 Å². The molecule has 0 aliphatic carbocycles. The second-order valence-corrected chi connectivity index (χ2v) is 5.39. The van der Waals surface area contributed by atoms with E-state index in [-0.39, 0.29) is 10.0 Å². The van der Waals surface area contributed by atoms with Gasteiger partial charge in [0.15, 0.2) is 0 Å². The summed E-state index contributed by atoms with van der Waals surface area (Å²) in [6.07, 6.45) is 0.331. The van der Waals surface area contributed by atoms with Crippen molar-refractivity contribution in [2.24, 2.45) is 5.84 Å². The van der Waals surface area contributed by atoms with Crippen LogP contribution in [-0.2, 0) is 6.42 Å². The molecule has 2 rings (SSSR count). The zero-order valence-corrected chi connectivity index (χ0v) is 13.0. The molecule has 0 saturated carbocycles. The number of ether oxygens (including phenoxy) is 1. The van der Waals surface area contributed by atoms with E-state index in [1.165, 1.54) is 12.1 Å². The molecule has 0 saturated heterocycles. The summed E-state index contributed by atoms with van der Waals surface area (Å²) in [5, 5.41) is 0. The van der Waals surface area contributed by atoms with Crippen molar-refractivity contribution in [3.8, 4) is 5.75 Å². The summed E-state index contributed by atoms with van der Waals surface area (Å²) in [5.74, 6) is 4.87. The Morgan fingerprint density at radius 1 is 1.29 bits per heavy atom. The van der Waals surface area contributed by atoms with Crippen LogP contribution in [0.4, 0.5) is 8.78 Å². The Bertz CT molecular complexity index is 637. The van der Waals surface area contributed by atoms with Gasteiger partial charge in [-0.05, 0) is 52.2 Å². The topological polar surface area (TPSA) is 47.3 Å². The highest BCUT2D eigenvalue weighted by molar-refractivity contribution is 9.10. The Morgan fingerprint density at radius 2 is 2.05 bits per heavy atom. The third-order valence-corrected chi connectivity index (χ3v) is 3.82. The monoisotopic (exact) mass is 356 g/mol. The van der Waals surface area contributed by atoms with Crippen molar-refractivity contribution >= 4 is 15.9 Å². The summed E-state index contributed by atoms with van der Waals surface area (Å²) in [7, 11) is 1.56. The Balaban J connectivity index is 2.34. The summed E-state index contributed by atoms with van der Waals surface area (Å²) in [6, 6.07) is 9.11. The second-order valence-electron chi connectivity index (χ2n) is 4.53. The van der Waals surface area contributed by atoms with Gasteiger partial charge in [0.25, 0.3) is 0 Å². The molecule has 2 aromatic carbocycles. The van der Waals surface area contributed by atoms with Crippen molar-refractivity contribution in [1.29, 1.82) is 0 Å². The normalized spacial score (nSPS) is 12.2. The van der Waals surface area contributed by atoms with E-state index in [9.17, 15) is 8.78 Å². The van der Waals surface area contributed by atoms with Crippen LogP contribution < -0.4 is 16.0 Å². The molecule has 1 atom stereocenters. The fourth-order valence-electron chi connectivity index (χ4n) is 2.14. The van der Waals surface area contributed by atoms with Gasteiger partial charge in [0, 0.05) is 5.56 Å². The summed E-state index contributed by atoms with van der Waals surface area (Å²) < 4.78 is 33.4. The minimum atomic E-state index is -0.686. The van der Waals surface area contributed by atoms with Crippen LogP contribution in [0.15, 0.2) is 40.9 Å². The highest BCUT2D eigenvalue weighted by Gasteiger charge is 2.21. The van der Waals surface area contributed by atoms with Crippen LogP contribution in [-0.4, -0.2) is 7.11 Å². The van der Waals surface area contributed by atoms with Crippen LogP contribution in [0.2, 0.25) is 0 Å². The van der Waals surface area contributed by atoms with Crippen molar-refractivity contribution in [1.82, 2.24) is 5.43 Å². The highest BCUT2D eigenvalue weighted by Crippen LogP contribution is 2.29. The van der Waals surface area contributed by atoms with Crippen LogP contribution in [0.5, 0.6) is 5.75 Å². The maximum absolute atomic E-state index is 14.1. The molecule has 0 spiro atoms. The molecule has 6 heteroatoms. The SMILES string of the molecule is COc1cccc(CC(NN)c2c(F)ccc(Br)c2F)c1. The lowest BCUT2D eigenvalue weighted by Gasteiger charge is -2.19. The van der Waals surface area contributed by atoms with Crippen LogP contribution >= 0.6 is 15.9 Å². The minimum Gasteiger partial charge on any atom is -0.497 e. The van der Waals surface area contributed by atoms with E-state index < -0.39 is 17.7 Å². The number of rotatable bonds is 5. The molecule has 1 unspecified atom stereocenters. The average Bonchev–Trinajstić information content (AvgIpc) is 2.50. The number of benzene rings is 2. The molecule has 0 aromatic heterocycles. The van der Waals surface area contributed by atoms with E-state index in [0.29, 0.717) is 12.2 Å². The minimum absolute atomic E-state index is 0.0882. The van der Waals surface area contributed by atoms with E-state index >= 15 is 0 Å². The van der Waals surface area contributed by atoms with Gasteiger partial charge in [-0.15, -0.1) is 0 Å². The van der Waals surface area contributed by atoms with Gasteiger partial charge in [-0.2, -0.15) is 0 Å². The first-order valence-electron chi connectivity index (χ1n) is 6.29. The van der Waals surface area contributed by atoms with Gasteiger partial charge in [0.05, 0.1) is 17.6 Å². The van der Waals surface area contributed by atoms with Gasteiger partial charge in [-0.3, -0.25) is 11.3 Å². The van der Waals surface area contributed by atoms with E-state index in [4.69, 9.17) is 10.6 Å². The van der Waals surface area contributed by atoms with E-state index in [2.05, 4.69) is 21.4 Å². The molecule has 3 N–H and O–H groups in total. The number of hydrogen-bond donors (Lipinski definition) is 2. The van der Waals surface area contributed by atoms with Crippen molar-refractivity contribution < 1.29 is 13.5 Å². The Morgan fingerprint density at radius 3 is 2.71 bits per heavy atom. The third-order valence-electron chi connectivity index (χ3n) is 3.20. The lowest BCUT2D eigenvalue weighted by molar-refractivity contribution is 0.413. The number of hydrazine groups is 1. The van der Waals surface area contributed by atoms with E-state index in [1.54, 1.807) is 19.2 Å². The first-order valence-corrected chi connectivity index (χ1v) is 7.08. The quantitative estimate of drug-likeness (QED) is 0.489. The predicted octanol–water partition coefficient (Wildman–Crippen LogP) is 3.48. The van der Waals surface area contributed by atoms with Gasteiger partial charge < -0.3 is 4.74 Å². The first kappa shape index (κ1) is 15.9. The Labute approximate surface area is 130 Å². The second kappa shape index (κ2) is 6.98. The van der Waals surface area contributed by atoms with Gasteiger partial charge >= 0.3 is 0 Å². The van der Waals surface area contributed by atoms with Gasteiger partial charge in [-0.25, -0.2) is 8.78 Å². The van der Waals surface area contributed by atoms with Gasteiger partial charge in [0.1, 0.15) is 17.4 Å². The smallest absolute Gasteiger partial charge is 0.145 e. The Hall–Kier alpha value is -1.50. The molecule has 21 heavy (non-hydrogen) atoms. The fraction of sp³-hybridized carbons (Fsp3) is 0.200. The molecule has 0 fully saturated rings. The van der Waals surface area contributed by atoms with Crippen molar-refractivity contribution in [2.45, 2.75) is 12.5 Å². The molecule has 0 bridgehead atoms. The third kappa shape index (κ3) is 3.58. The molecule has 0 heterocycles. The van der Waals surface area contributed by atoms with Crippen LogP contribution in [0.1, 0.15) is 17.2 Å². The van der Waals surface area contributed by atoms with Crippen LogP contribution in [0, 0.1) is 11.6 Å². The predicted molar refractivity (Wildman–Crippen MR) is 80.8 cm³/mol. The molecular weight excluding hydrogens is 342 g/mol. The fourth-order valence-corrected chi connectivity index (χ4v) is 2.49. The molecule has 0 amide bonds. The summed E-state index contributed by atoms with van der Waals surface area (Å²) in [4.78, 5) is 0. The summed E-state index contributed by atoms with van der Waals surface area (Å²) >= 11 is 3.06. The zero-order valence-electron chi connectivity index (χ0n) is 11.4. The van der Waals surface area contributed by atoms with Crippen LogP contribution in [0.25, 0.3) is 0 Å². The number of methoxy groups -OCH3 is 1. The standard InChI is InChI=1S/C15H15BrF2N2O/c1-21-10-4-2-3-9(7-10)8-13(20-19)14-12(17)6-5-11(16)15(14)18/h2-7,13,20H,8,19H2,1H3. The van der Waals surface area contributed by atoms with E-state index in [0.717, 1.165) is 5.56 Å². The van der Waals surface area contributed by atoms with Crippen LogP contribution in [0.3, 0.4) is 0 Å². The summed E-state index contributed by atoms with van der Waals surface area (Å²) in [5.41, 5.74) is 3.24. The lowest BCUT2D eigenvalue weighted by atomic mass is 9.98. The van der Waals surface area contributed by atoms with E-state index in [1.807, 2.05) is 12.1 Å². The first-order chi connectivity index (χ1) is 10.1. The largest absolute Gasteiger partial charge is 0.497 e. The van der Waals surface area contributed by atoms with Crippen molar-refractivity contribution in [3.05, 3.63) is 63.6 Å². The molecule has 0 aliphatic rings. The maximum atomic E-state index is 14.1. The Kier molecular flexibility index (Phi) is 5.27. The van der Waals surface area contributed by atoms with Gasteiger partial charge in [0.2, 0.25) is 0 Å². The highest BCUT2D eigenvalue weighted by atomic mass is 79.9. The molecule has 0 radical (unpaired) electrons. The molecule has 2 aromatic rings. The molecular formula is C15H15BrF2N2O. The molecule has 3 nitrogen and oxygen atoms in total. The number of hydrogen-bond acceptors (Lipinski definition) is 3. The van der Waals surface area contributed by atoms with Crippen molar-refractivity contribution in [2.75, 3.05) is 7.11 Å². The molecule has 112 valence electrons.